The molecule has 0 N–H and O–H groups in total. The largest absolute Gasteiger partial charge is 0.456 e. The first-order chi connectivity index (χ1) is 10.5. The number of carbonyl (C=O) groups is 2. The fourth-order valence-corrected chi connectivity index (χ4v) is 2.90. The van der Waals surface area contributed by atoms with Gasteiger partial charge in [0.05, 0.1) is 5.56 Å². The summed E-state index contributed by atoms with van der Waals surface area (Å²) in [7, 11) is -4.75. The van der Waals surface area contributed by atoms with Crippen molar-refractivity contribution in [3.05, 3.63) is 29.8 Å². The average molecular weight is 343 g/mol. The second-order valence-corrected chi connectivity index (χ2v) is 7.97. The third-order valence-corrected chi connectivity index (χ3v) is 4.41. The van der Waals surface area contributed by atoms with E-state index in [-0.39, 0.29) is 13.0 Å². The van der Waals surface area contributed by atoms with Gasteiger partial charge in [0.1, 0.15) is 10.9 Å². The molecule has 0 bridgehead atoms. The fourth-order valence-electron chi connectivity index (χ4n) is 2.23. The molecule has 0 aliphatic carbocycles. The van der Waals surface area contributed by atoms with Crippen LogP contribution in [0.25, 0.3) is 0 Å². The lowest BCUT2D eigenvalue weighted by molar-refractivity contribution is -0.117. The van der Waals surface area contributed by atoms with E-state index in [1.165, 1.54) is 29.2 Å². The SMILES string of the molecule is CC(C)(C)OC(=O)c1ccc(N2CC(S(=O)(=O)F)CC2=O)cc1. The van der Waals surface area contributed by atoms with Gasteiger partial charge in [-0.2, -0.15) is 8.42 Å². The summed E-state index contributed by atoms with van der Waals surface area (Å²) >= 11 is 0. The van der Waals surface area contributed by atoms with Crippen molar-refractivity contribution in [3.8, 4) is 0 Å². The van der Waals surface area contributed by atoms with Crippen molar-refractivity contribution in [2.24, 2.45) is 0 Å². The predicted molar refractivity (Wildman–Crippen MR) is 82.4 cm³/mol. The van der Waals surface area contributed by atoms with E-state index < -0.39 is 33.0 Å². The molecule has 0 spiro atoms. The Morgan fingerprint density at radius 2 is 1.83 bits per heavy atom. The van der Waals surface area contributed by atoms with Gasteiger partial charge in [0.15, 0.2) is 0 Å². The van der Waals surface area contributed by atoms with E-state index in [0.717, 1.165) is 0 Å². The highest BCUT2D eigenvalue weighted by Gasteiger charge is 2.39. The molecule has 1 aromatic rings. The van der Waals surface area contributed by atoms with Crippen LogP contribution >= 0.6 is 0 Å². The monoisotopic (exact) mass is 343 g/mol. The highest BCUT2D eigenvalue weighted by molar-refractivity contribution is 7.87. The zero-order chi connectivity index (χ0) is 17.4. The minimum atomic E-state index is -4.75. The standard InChI is InChI=1S/C15H18FNO5S/c1-15(2,3)22-14(19)10-4-6-11(7-5-10)17-9-12(8-13(17)18)23(16,20)21/h4-7,12H,8-9H2,1-3H3. The highest BCUT2D eigenvalue weighted by atomic mass is 32.3. The van der Waals surface area contributed by atoms with Gasteiger partial charge < -0.3 is 9.64 Å². The van der Waals surface area contributed by atoms with Crippen LogP contribution in [-0.2, 0) is 19.8 Å². The van der Waals surface area contributed by atoms with Gasteiger partial charge in [-0.1, -0.05) is 0 Å². The molecule has 2 rings (SSSR count). The Labute approximate surface area is 134 Å². The van der Waals surface area contributed by atoms with Crippen molar-refractivity contribution < 1.29 is 26.6 Å². The summed E-state index contributed by atoms with van der Waals surface area (Å²) in [5.74, 6) is -0.970. The van der Waals surface area contributed by atoms with E-state index in [0.29, 0.717) is 11.3 Å². The van der Waals surface area contributed by atoms with Gasteiger partial charge in [0.25, 0.3) is 0 Å². The molecule has 0 radical (unpaired) electrons. The maximum absolute atomic E-state index is 13.0. The van der Waals surface area contributed by atoms with E-state index in [1.54, 1.807) is 20.8 Å². The molecule has 0 aromatic heterocycles. The summed E-state index contributed by atoms with van der Waals surface area (Å²) in [6.07, 6.45) is -0.382. The molecule has 1 saturated heterocycles. The Bertz CT molecular complexity index is 721. The van der Waals surface area contributed by atoms with Crippen molar-refractivity contribution in [2.75, 3.05) is 11.4 Å². The number of hydrogen-bond acceptors (Lipinski definition) is 5. The molecular weight excluding hydrogens is 325 g/mol. The molecule has 1 heterocycles. The van der Waals surface area contributed by atoms with Gasteiger partial charge in [-0.05, 0) is 45.0 Å². The molecule has 1 fully saturated rings. The quantitative estimate of drug-likeness (QED) is 0.620. The van der Waals surface area contributed by atoms with Gasteiger partial charge in [-0.15, -0.1) is 3.89 Å². The molecule has 1 aliphatic rings. The third kappa shape index (κ3) is 4.28. The molecule has 126 valence electrons. The molecule has 1 aliphatic heterocycles. The second-order valence-electron chi connectivity index (χ2n) is 6.35. The number of anilines is 1. The number of benzene rings is 1. The lowest BCUT2D eigenvalue weighted by Crippen LogP contribution is -2.27. The van der Waals surface area contributed by atoms with Crippen LogP contribution in [-0.4, -0.2) is 37.7 Å². The Hall–Kier alpha value is -1.96. The molecule has 6 nitrogen and oxygen atoms in total. The van der Waals surface area contributed by atoms with Gasteiger partial charge in [-0.3, -0.25) is 4.79 Å². The first-order valence-corrected chi connectivity index (χ1v) is 8.49. The lowest BCUT2D eigenvalue weighted by atomic mass is 10.1. The Morgan fingerprint density at radius 1 is 1.26 bits per heavy atom. The van der Waals surface area contributed by atoms with E-state index in [1.807, 2.05) is 0 Å². The molecular formula is C15H18FNO5S. The number of ether oxygens (including phenoxy) is 1. The van der Waals surface area contributed by atoms with Crippen LogP contribution in [0.3, 0.4) is 0 Å². The van der Waals surface area contributed by atoms with Crippen molar-refractivity contribution in [1.82, 2.24) is 0 Å². The molecule has 1 unspecified atom stereocenters. The average Bonchev–Trinajstić information content (AvgIpc) is 2.79. The van der Waals surface area contributed by atoms with Crippen LogP contribution in [0.5, 0.6) is 0 Å². The lowest BCUT2D eigenvalue weighted by Gasteiger charge is -2.20. The summed E-state index contributed by atoms with van der Waals surface area (Å²) in [5, 5.41) is -1.35. The predicted octanol–water partition coefficient (Wildman–Crippen LogP) is 2.05. The zero-order valence-corrected chi connectivity index (χ0v) is 13.9. The van der Waals surface area contributed by atoms with Crippen LogP contribution < -0.4 is 4.90 Å². The number of amides is 1. The van der Waals surface area contributed by atoms with Crippen LogP contribution in [0, 0.1) is 0 Å². The normalized spacial score (nSPS) is 19.0. The van der Waals surface area contributed by atoms with E-state index in [2.05, 4.69) is 0 Å². The molecule has 1 aromatic carbocycles. The first kappa shape index (κ1) is 17.4. The Kier molecular flexibility index (Phi) is 4.48. The van der Waals surface area contributed by atoms with Crippen molar-refractivity contribution in [3.63, 3.8) is 0 Å². The molecule has 23 heavy (non-hydrogen) atoms. The van der Waals surface area contributed by atoms with Crippen LogP contribution in [0.2, 0.25) is 0 Å². The number of hydrogen-bond donors (Lipinski definition) is 0. The summed E-state index contributed by atoms with van der Waals surface area (Å²) in [5.41, 5.74) is 0.0991. The smallest absolute Gasteiger partial charge is 0.338 e. The number of halogens is 1. The maximum Gasteiger partial charge on any atom is 0.338 e. The van der Waals surface area contributed by atoms with Crippen LogP contribution in [0.1, 0.15) is 37.6 Å². The fraction of sp³-hybridized carbons (Fsp3) is 0.467. The summed E-state index contributed by atoms with van der Waals surface area (Å²) in [4.78, 5) is 24.9. The Morgan fingerprint density at radius 3 is 2.26 bits per heavy atom. The van der Waals surface area contributed by atoms with Crippen LogP contribution in [0.4, 0.5) is 9.57 Å². The van der Waals surface area contributed by atoms with Crippen molar-refractivity contribution in [2.45, 2.75) is 38.0 Å². The third-order valence-electron chi connectivity index (χ3n) is 3.30. The van der Waals surface area contributed by atoms with Gasteiger partial charge in [-0.25, -0.2) is 4.79 Å². The zero-order valence-electron chi connectivity index (χ0n) is 13.1. The van der Waals surface area contributed by atoms with Gasteiger partial charge in [0, 0.05) is 18.7 Å². The van der Waals surface area contributed by atoms with Crippen molar-refractivity contribution >= 4 is 27.8 Å². The van der Waals surface area contributed by atoms with Gasteiger partial charge >= 0.3 is 16.2 Å². The number of nitrogens with zero attached hydrogens (tertiary/aromatic N) is 1. The Balaban J connectivity index is 2.14. The summed E-state index contributed by atoms with van der Waals surface area (Å²) < 4.78 is 40.1. The molecule has 0 saturated carbocycles. The topological polar surface area (TPSA) is 80.8 Å². The summed E-state index contributed by atoms with van der Waals surface area (Å²) in [6, 6.07) is 5.97. The first-order valence-electron chi connectivity index (χ1n) is 7.04. The number of esters is 1. The van der Waals surface area contributed by atoms with Gasteiger partial charge in [0.2, 0.25) is 5.91 Å². The minimum absolute atomic E-state index is 0.233. The van der Waals surface area contributed by atoms with Crippen LogP contribution in [0.15, 0.2) is 24.3 Å². The summed E-state index contributed by atoms with van der Waals surface area (Å²) in [6.45, 7) is 5.02. The van der Waals surface area contributed by atoms with Crippen molar-refractivity contribution in [1.29, 1.82) is 0 Å². The number of rotatable bonds is 3. The van der Waals surface area contributed by atoms with E-state index in [9.17, 15) is 21.9 Å². The second kappa shape index (κ2) is 5.92. The molecule has 1 amide bonds. The highest BCUT2D eigenvalue weighted by Crippen LogP contribution is 2.26. The molecule has 8 heteroatoms. The molecule has 1 atom stereocenters. The minimum Gasteiger partial charge on any atom is -0.456 e. The maximum atomic E-state index is 13.0. The number of carbonyl (C=O) groups excluding carboxylic acids is 2. The van der Waals surface area contributed by atoms with E-state index >= 15 is 0 Å². The van der Waals surface area contributed by atoms with E-state index in [4.69, 9.17) is 4.74 Å².